The molecule has 0 fully saturated rings. The molecular weight excluding hydrogens is 595 g/mol. The molecule has 0 saturated heterocycles. The third-order valence-electron chi connectivity index (χ3n) is 9.42. The third-order valence-corrected chi connectivity index (χ3v) is 9.42. The van der Waals surface area contributed by atoms with E-state index < -0.39 is 0 Å². The average molecular weight is 634 g/mol. The number of para-hydroxylation sites is 5. The van der Waals surface area contributed by atoms with Crippen molar-refractivity contribution in [2.75, 3.05) is 0 Å². The van der Waals surface area contributed by atoms with Gasteiger partial charge >= 0.3 is 0 Å². The summed E-state index contributed by atoms with van der Waals surface area (Å²) in [5.41, 5.74) is 10.7. The lowest BCUT2D eigenvalue weighted by Gasteiger charge is -2.10. The second-order valence-electron chi connectivity index (χ2n) is 11.8. The van der Waals surface area contributed by atoms with E-state index in [4.69, 9.17) is 0 Å². The lowest BCUT2D eigenvalue weighted by atomic mass is 10.1. The molecule has 10 rings (SSSR count). The van der Waals surface area contributed by atoms with Crippen LogP contribution in [0.25, 0.3) is 82.5 Å². The minimum Gasteiger partial charge on any atom is -0.309 e. The van der Waals surface area contributed by atoms with E-state index in [9.17, 15) is 0 Å². The van der Waals surface area contributed by atoms with Gasteiger partial charge in [-0.3, -0.25) is 0 Å². The van der Waals surface area contributed by atoms with Crippen LogP contribution >= 0.6 is 0 Å². The van der Waals surface area contributed by atoms with Gasteiger partial charge in [-0.15, -0.1) is 0 Å². The molecule has 3 heterocycles. The summed E-state index contributed by atoms with van der Waals surface area (Å²) in [6.07, 6.45) is 0. The van der Waals surface area contributed by atoms with Crippen molar-refractivity contribution in [2.24, 2.45) is 0 Å². The van der Waals surface area contributed by atoms with E-state index >= 15 is 0 Å². The van der Waals surface area contributed by atoms with Crippen molar-refractivity contribution in [1.29, 1.82) is 0 Å². The molecule has 0 spiro atoms. The van der Waals surface area contributed by atoms with Crippen molar-refractivity contribution < 1.29 is 0 Å². The van der Waals surface area contributed by atoms with E-state index in [0.717, 1.165) is 17.1 Å². The van der Waals surface area contributed by atoms with E-state index in [-0.39, 0.29) is 0 Å². The quantitative estimate of drug-likeness (QED) is 0.184. The summed E-state index contributed by atoms with van der Waals surface area (Å²) in [7, 11) is 0. The van der Waals surface area contributed by atoms with Gasteiger partial charge in [-0.25, -0.2) is 0 Å². The van der Waals surface area contributed by atoms with Crippen molar-refractivity contribution in [1.82, 2.24) is 13.7 Å². The lowest BCUT2D eigenvalue weighted by Crippen LogP contribution is -1.96. The Balaban J connectivity index is 0.000000843. The first-order valence-corrected chi connectivity index (χ1v) is 17.5. The summed E-state index contributed by atoms with van der Waals surface area (Å²) in [6, 6.07) is 59.5. The first-order valence-electron chi connectivity index (χ1n) is 17.5. The van der Waals surface area contributed by atoms with E-state index in [2.05, 4.69) is 177 Å². The highest BCUT2D eigenvalue weighted by Crippen LogP contribution is 2.39. The molecule has 3 heteroatoms. The molecule has 7 aromatic carbocycles. The van der Waals surface area contributed by atoms with E-state index in [1.54, 1.807) is 0 Å². The Kier molecular flexibility index (Phi) is 7.74. The Bertz CT molecular complexity index is 2480. The molecule has 0 aliphatic rings. The Morgan fingerprint density at radius 3 is 0.898 bits per heavy atom. The van der Waals surface area contributed by atoms with Crippen molar-refractivity contribution >= 4 is 65.4 Å². The summed E-state index contributed by atoms with van der Waals surface area (Å²) in [4.78, 5) is 0. The molecule has 0 aliphatic heterocycles. The number of benzene rings is 7. The highest BCUT2D eigenvalue weighted by Gasteiger charge is 2.18. The normalized spacial score (nSPS) is 11.3. The number of fused-ring (bicyclic) bond motifs is 9. The van der Waals surface area contributed by atoms with Crippen molar-refractivity contribution in [3.05, 3.63) is 164 Å². The molecule has 0 atom stereocenters. The molecule has 0 bridgehead atoms. The fourth-order valence-corrected chi connectivity index (χ4v) is 7.53. The van der Waals surface area contributed by atoms with Crippen molar-refractivity contribution in [3.63, 3.8) is 0 Å². The van der Waals surface area contributed by atoms with Crippen LogP contribution in [0.15, 0.2) is 164 Å². The standard InChI is InChI=1S/C42H27N3.2C2H6/c1-2-12-28(13-3-1)43-41-24-22-29(44-37-18-8-4-14-31(37)32-15-5-9-19-38(32)44)26-35(41)36-27-30(23-25-42(36)43)45-39-20-10-6-16-33(39)34-17-7-11-21-40(34)45;2*1-2/h1-27H;2*1-2H3. The Labute approximate surface area is 286 Å². The number of aromatic nitrogens is 3. The fraction of sp³-hybridized carbons (Fsp3) is 0.0870. The molecule has 0 unspecified atom stereocenters. The first kappa shape index (κ1) is 30.3. The van der Waals surface area contributed by atoms with Crippen LogP contribution in [0.3, 0.4) is 0 Å². The van der Waals surface area contributed by atoms with Gasteiger partial charge in [-0.1, -0.05) is 119 Å². The predicted molar refractivity (Wildman–Crippen MR) is 212 cm³/mol. The van der Waals surface area contributed by atoms with Crippen LogP contribution in [0.5, 0.6) is 0 Å². The maximum absolute atomic E-state index is 2.41. The Morgan fingerprint density at radius 1 is 0.245 bits per heavy atom. The van der Waals surface area contributed by atoms with Gasteiger partial charge < -0.3 is 13.7 Å². The van der Waals surface area contributed by atoms with Crippen LogP contribution in [0.2, 0.25) is 0 Å². The van der Waals surface area contributed by atoms with E-state index in [0.29, 0.717) is 0 Å². The fourth-order valence-electron chi connectivity index (χ4n) is 7.53. The molecule has 0 aliphatic carbocycles. The van der Waals surface area contributed by atoms with Crippen LogP contribution in [0.4, 0.5) is 0 Å². The zero-order valence-electron chi connectivity index (χ0n) is 28.4. The number of hydrogen-bond acceptors (Lipinski definition) is 0. The smallest absolute Gasteiger partial charge is 0.0542 e. The molecule has 0 saturated carbocycles. The maximum Gasteiger partial charge on any atom is 0.0542 e. The second-order valence-corrected chi connectivity index (χ2v) is 11.8. The summed E-state index contributed by atoms with van der Waals surface area (Å²) in [6.45, 7) is 8.00. The van der Waals surface area contributed by atoms with Gasteiger partial charge in [0.15, 0.2) is 0 Å². The Hall–Kier alpha value is -6.06. The summed E-state index contributed by atoms with van der Waals surface area (Å²) in [5.74, 6) is 0. The Morgan fingerprint density at radius 2 is 0.531 bits per heavy atom. The van der Waals surface area contributed by atoms with E-state index in [1.165, 1.54) is 65.4 Å². The number of nitrogens with zero attached hydrogens (tertiary/aromatic N) is 3. The average Bonchev–Trinajstić information content (AvgIpc) is 3.82. The van der Waals surface area contributed by atoms with Crippen LogP contribution in [-0.2, 0) is 0 Å². The largest absolute Gasteiger partial charge is 0.309 e. The lowest BCUT2D eigenvalue weighted by molar-refractivity contribution is 1.16. The first-order chi connectivity index (χ1) is 24.3. The van der Waals surface area contributed by atoms with Gasteiger partial charge in [0.25, 0.3) is 0 Å². The molecule has 0 N–H and O–H groups in total. The van der Waals surface area contributed by atoms with Crippen LogP contribution in [0, 0.1) is 0 Å². The SMILES string of the molecule is CC.CC.c1ccc(-n2c3ccc(-n4c5ccccc5c5ccccc54)cc3c3cc(-n4c5ccccc5c5ccccc54)ccc32)cc1. The molecule has 238 valence electrons. The zero-order chi connectivity index (χ0) is 33.5. The van der Waals surface area contributed by atoms with Crippen LogP contribution in [-0.4, -0.2) is 13.7 Å². The highest BCUT2D eigenvalue weighted by molar-refractivity contribution is 6.14. The van der Waals surface area contributed by atoms with Gasteiger partial charge in [-0.05, 0) is 72.8 Å². The van der Waals surface area contributed by atoms with Crippen LogP contribution in [0.1, 0.15) is 27.7 Å². The molecule has 0 radical (unpaired) electrons. The monoisotopic (exact) mass is 633 g/mol. The van der Waals surface area contributed by atoms with Gasteiger partial charge in [-0.2, -0.15) is 0 Å². The molecule has 3 nitrogen and oxygen atoms in total. The van der Waals surface area contributed by atoms with Gasteiger partial charge in [0.1, 0.15) is 0 Å². The molecule has 3 aromatic heterocycles. The number of hydrogen-bond donors (Lipinski definition) is 0. The van der Waals surface area contributed by atoms with Crippen molar-refractivity contribution in [2.45, 2.75) is 27.7 Å². The topological polar surface area (TPSA) is 14.8 Å². The van der Waals surface area contributed by atoms with Crippen molar-refractivity contribution in [3.8, 4) is 17.1 Å². The maximum atomic E-state index is 2.41. The van der Waals surface area contributed by atoms with Gasteiger partial charge in [0.2, 0.25) is 0 Å². The molecule has 0 amide bonds. The third kappa shape index (κ3) is 4.65. The zero-order valence-corrected chi connectivity index (χ0v) is 28.4. The van der Waals surface area contributed by atoms with E-state index in [1.807, 2.05) is 27.7 Å². The number of rotatable bonds is 3. The second kappa shape index (κ2) is 12.5. The summed E-state index contributed by atoms with van der Waals surface area (Å²) >= 11 is 0. The van der Waals surface area contributed by atoms with Crippen LogP contribution < -0.4 is 0 Å². The minimum atomic E-state index is 1.16. The molecule has 49 heavy (non-hydrogen) atoms. The summed E-state index contributed by atoms with van der Waals surface area (Å²) in [5, 5.41) is 7.55. The molecular formula is C46H39N3. The van der Waals surface area contributed by atoms with Gasteiger partial charge in [0.05, 0.1) is 33.1 Å². The summed E-state index contributed by atoms with van der Waals surface area (Å²) < 4.78 is 7.22. The van der Waals surface area contributed by atoms with Gasteiger partial charge in [0, 0.05) is 49.4 Å². The highest BCUT2D eigenvalue weighted by atomic mass is 15.0. The predicted octanol–water partition coefficient (Wildman–Crippen LogP) is 13.0. The minimum absolute atomic E-state index is 1.16. The molecule has 10 aromatic rings.